The fraction of sp³-hybridized carbons (Fsp3) is 0.0714. The Hall–Kier alpha value is -2.83. The molecule has 0 N–H and O–H groups in total. The Labute approximate surface area is 117 Å². The highest BCUT2D eigenvalue weighted by Gasteiger charge is 2.17. The number of benzene rings is 2. The molecule has 2 rings (SSSR count). The van der Waals surface area contributed by atoms with Gasteiger partial charge in [-0.25, -0.2) is 4.39 Å². The van der Waals surface area contributed by atoms with Gasteiger partial charge in [-0.2, -0.15) is 4.39 Å². The molecule has 0 fully saturated rings. The van der Waals surface area contributed by atoms with Crippen molar-refractivity contribution in [2.75, 3.05) is 0 Å². The van der Waals surface area contributed by atoms with Gasteiger partial charge in [-0.05, 0) is 25.1 Å². The van der Waals surface area contributed by atoms with Gasteiger partial charge in [-0.3, -0.25) is 14.9 Å². The molecule has 0 radical (unpaired) electrons. The van der Waals surface area contributed by atoms with E-state index in [-0.39, 0.29) is 17.1 Å². The summed E-state index contributed by atoms with van der Waals surface area (Å²) < 4.78 is 32.3. The molecular formula is C14H9F2NO4. The van der Waals surface area contributed by atoms with E-state index in [1.165, 1.54) is 19.1 Å². The second-order valence-corrected chi connectivity index (χ2v) is 4.14. The number of Topliss-reactive ketones (excluding diaryl/α,β-unsaturated/α-hetero) is 1. The number of nitro benzene ring substituents is 1. The molecule has 0 aliphatic heterocycles. The van der Waals surface area contributed by atoms with E-state index in [1.807, 2.05) is 0 Å². The zero-order chi connectivity index (χ0) is 15.6. The quantitative estimate of drug-likeness (QED) is 0.487. The SMILES string of the molecule is CC(=O)c1c(F)cccc1Oc1ccc([N+](=O)[O-])c(F)c1. The molecule has 0 bridgehead atoms. The van der Waals surface area contributed by atoms with Crippen molar-refractivity contribution in [1.29, 1.82) is 0 Å². The number of ketones is 1. The average molecular weight is 293 g/mol. The monoisotopic (exact) mass is 293 g/mol. The molecule has 0 aliphatic carbocycles. The molecule has 0 heterocycles. The van der Waals surface area contributed by atoms with Gasteiger partial charge in [0.05, 0.1) is 10.5 Å². The van der Waals surface area contributed by atoms with Crippen molar-refractivity contribution in [3.05, 3.63) is 63.7 Å². The number of carbonyl (C=O) groups excluding carboxylic acids is 1. The number of halogens is 2. The Bertz CT molecular complexity index is 731. The highest BCUT2D eigenvalue weighted by molar-refractivity contribution is 5.97. The van der Waals surface area contributed by atoms with Crippen LogP contribution in [0.1, 0.15) is 17.3 Å². The van der Waals surface area contributed by atoms with E-state index in [4.69, 9.17) is 4.74 Å². The third kappa shape index (κ3) is 3.02. The van der Waals surface area contributed by atoms with E-state index in [1.54, 1.807) is 0 Å². The molecule has 0 spiro atoms. The van der Waals surface area contributed by atoms with E-state index in [0.29, 0.717) is 0 Å². The molecule has 0 amide bonds. The molecule has 21 heavy (non-hydrogen) atoms. The maximum Gasteiger partial charge on any atom is 0.305 e. The Kier molecular flexibility index (Phi) is 3.93. The molecule has 0 saturated heterocycles. The summed E-state index contributed by atoms with van der Waals surface area (Å²) in [4.78, 5) is 21.0. The summed E-state index contributed by atoms with van der Waals surface area (Å²) in [5.74, 6) is -2.56. The van der Waals surface area contributed by atoms with Crippen molar-refractivity contribution in [3.63, 3.8) is 0 Å². The third-order valence-electron chi connectivity index (χ3n) is 2.67. The molecular weight excluding hydrogens is 284 g/mol. The van der Waals surface area contributed by atoms with Crippen molar-refractivity contribution < 1.29 is 23.2 Å². The Morgan fingerprint density at radius 2 is 1.90 bits per heavy atom. The van der Waals surface area contributed by atoms with Crippen molar-refractivity contribution in [2.24, 2.45) is 0 Å². The lowest BCUT2D eigenvalue weighted by molar-refractivity contribution is -0.387. The summed E-state index contributed by atoms with van der Waals surface area (Å²) in [5.41, 5.74) is -0.968. The first kappa shape index (κ1) is 14.6. The average Bonchev–Trinajstić information content (AvgIpc) is 2.37. The highest BCUT2D eigenvalue weighted by Crippen LogP contribution is 2.30. The molecule has 5 nitrogen and oxygen atoms in total. The van der Waals surface area contributed by atoms with Crippen LogP contribution in [-0.2, 0) is 0 Å². The minimum absolute atomic E-state index is 0.0776. The predicted octanol–water partition coefficient (Wildman–Crippen LogP) is 3.87. The van der Waals surface area contributed by atoms with Crippen LogP contribution in [0.2, 0.25) is 0 Å². The van der Waals surface area contributed by atoms with E-state index in [2.05, 4.69) is 0 Å². The molecule has 0 unspecified atom stereocenters. The summed E-state index contributed by atoms with van der Waals surface area (Å²) in [6.45, 7) is 1.17. The smallest absolute Gasteiger partial charge is 0.305 e. The second kappa shape index (κ2) is 5.66. The van der Waals surface area contributed by atoms with Gasteiger partial charge in [0, 0.05) is 12.1 Å². The van der Waals surface area contributed by atoms with Gasteiger partial charge in [0.25, 0.3) is 0 Å². The van der Waals surface area contributed by atoms with Gasteiger partial charge in [0.15, 0.2) is 5.78 Å². The van der Waals surface area contributed by atoms with Crippen molar-refractivity contribution in [2.45, 2.75) is 6.92 Å². The number of hydrogen-bond acceptors (Lipinski definition) is 4. The van der Waals surface area contributed by atoms with Crippen LogP contribution >= 0.6 is 0 Å². The highest BCUT2D eigenvalue weighted by atomic mass is 19.1. The maximum absolute atomic E-state index is 13.6. The van der Waals surface area contributed by atoms with Crippen molar-refractivity contribution >= 4 is 11.5 Å². The molecule has 108 valence electrons. The number of nitrogens with zero attached hydrogens (tertiary/aromatic N) is 1. The lowest BCUT2D eigenvalue weighted by Gasteiger charge is -2.10. The number of rotatable bonds is 4. The van der Waals surface area contributed by atoms with E-state index >= 15 is 0 Å². The first-order chi connectivity index (χ1) is 9.90. The molecule has 0 atom stereocenters. The number of carbonyl (C=O) groups is 1. The largest absolute Gasteiger partial charge is 0.456 e. The minimum Gasteiger partial charge on any atom is -0.456 e. The second-order valence-electron chi connectivity index (χ2n) is 4.14. The maximum atomic E-state index is 13.6. The van der Waals surface area contributed by atoms with E-state index < -0.39 is 28.0 Å². The number of nitro groups is 1. The van der Waals surface area contributed by atoms with Crippen LogP contribution < -0.4 is 4.74 Å². The molecule has 7 heteroatoms. The summed E-state index contributed by atoms with van der Waals surface area (Å²) in [5, 5.41) is 10.5. The van der Waals surface area contributed by atoms with Crippen molar-refractivity contribution in [1.82, 2.24) is 0 Å². The van der Waals surface area contributed by atoms with Gasteiger partial charge in [-0.1, -0.05) is 6.07 Å². The van der Waals surface area contributed by atoms with Crippen molar-refractivity contribution in [3.8, 4) is 11.5 Å². The standard InChI is InChI=1S/C14H9F2NO4/c1-8(18)14-10(15)3-2-4-13(14)21-9-5-6-12(17(19)20)11(16)7-9/h2-7H,1H3. The van der Waals surface area contributed by atoms with Crippen LogP contribution in [0, 0.1) is 21.7 Å². The fourth-order valence-electron chi connectivity index (χ4n) is 1.76. The third-order valence-corrected chi connectivity index (χ3v) is 2.67. The fourth-order valence-corrected chi connectivity index (χ4v) is 1.76. The summed E-state index contributed by atoms with van der Waals surface area (Å²) in [6.07, 6.45) is 0. The van der Waals surface area contributed by atoms with Gasteiger partial charge in [-0.15, -0.1) is 0 Å². The molecule has 0 aromatic heterocycles. The summed E-state index contributed by atoms with van der Waals surface area (Å²) in [6, 6.07) is 6.67. The molecule has 0 saturated carbocycles. The van der Waals surface area contributed by atoms with Crippen LogP contribution in [0.5, 0.6) is 11.5 Å². The van der Waals surface area contributed by atoms with E-state index in [9.17, 15) is 23.7 Å². The Balaban J connectivity index is 2.39. The zero-order valence-electron chi connectivity index (χ0n) is 10.8. The molecule has 2 aromatic carbocycles. The van der Waals surface area contributed by atoms with Gasteiger partial charge < -0.3 is 4.74 Å². The topological polar surface area (TPSA) is 69.4 Å². The van der Waals surface area contributed by atoms with Crippen LogP contribution in [0.3, 0.4) is 0 Å². The van der Waals surface area contributed by atoms with Gasteiger partial charge >= 0.3 is 5.69 Å². The van der Waals surface area contributed by atoms with Gasteiger partial charge in [0.1, 0.15) is 17.3 Å². The molecule has 0 aliphatic rings. The van der Waals surface area contributed by atoms with Gasteiger partial charge in [0.2, 0.25) is 5.82 Å². The lowest BCUT2D eigenvalue weighted by Crippen LogP contribution is -2.01. The Morgan fingerprint density at radius 1 is 1.19 bits per heavy atom. The summed E-state index contributed by atoms with van der Waals surface area (Å²) >= 11 is 0. The summed E-state index contributed by atoms with van der Waals surface area (Å²) in [7, 11) is 0. The predicted molar refractivity (Wildman–Crippen MR) is 69.5 cm³/mol. The normalized spacial score (nSPS) is 10.2. The molecule has 2 aromatic rings. The lowest BCUT2D eigenvalue weighted by atomic mass is 10.1. The first-order valence-electron chi connectivity index (χ1n) is 5.81. The number of hydrogen-bond donors (Lipinski definition) is 0. The van der Waals surface area contributed by atoms with Crippen LogP contribution in [0.25, 0.3) is 0 Å². The Morgan fingerprint density at radius 3 is 2.48 bits per heavy atom. The van der Waals surface area contributed by atoms with Crippen LogP contribution in [0.15, 0.2) is 36.4 Å². The first-order valence-corrected chi connectivity index (χ1v) is 5.81. The van der Waals surface area contributed by atoms with Crippen LogP contribution in [-0.4, -0.2) is 10.7 Å². The minimum atomic E-state index is -1.08. The van der Waals surface area contributed by atoms with Crippen LogP contribution in [0.4, 0.5) is 14.5 Å². The van der Waals surface area contributed by atoms with E-state index in [0.717, 1.165) is 24.3 Å². The zero-order valence-corrected chi connectivity index (χ0v) is 10.8. The number of ether oxygens (including phenoxy) is 1.